The molecule has 1 aliphatic heterocycles. The molecule has 1 aromatic carbocycles. The molecule has 0 spiro atoms. The van der Waals surface area contributed by atoms with Gasteiger partial charge in [-0.15, -0.1) is 24.0 Å². The summed E-state index contributed by atoms with van der Waals surface area (Å²) in [6, 6.07) is 10.6. The van der Waals surface area contributed by atoms with E-state index >= 15 is 0 Å². The number of guanidine groups is 1. The lowest BCUT2D eigenvalue weighted by Gasteiger charge is -2.26. The maximum absolute atomic E-state index is 5.39. The Kier molecular flexibility index (Phi) is 13.3. The Hall–Kier alpha value is -1.06. The van der Waals surface area contributed by atoms with E-state index in [1.54, 1.807) is 0 Å². The van der Waals surface area contributed by atoms with Gasteiger partial charge in [-0.2, -0.15) is 0 Å². The molecule has 0 saturated carbocycles. The van der Waals surface area contributed by atoms with Crippen LogP contribution in [0.15, 0.2) is 35.3 Å². The average molecular weight is 489 g/mol. The van der Waals surface area contributed by atoms with Gasteiger partial charge in [0, 0.05) is 58.0 Å². The third kappa shape index (κ3) is 9.62. The number of morpholine rings is 1. The first kappa shape index (κ1) is 24.0. The zero-order valence-corrected chi connectivity index (χ0v) is 19.2. The Morgan fingerprint density at radius 2 is 1.89 bits per heavy atom. The first-order valence-electron chi connectivity index (χ1n) is 9.95. The maximum atomic E-state index is 5.39. The van der Waals surface area contributed by atoms with Crippen molar-refractivity contribution < 1.29 is 4.74 Å². The van der Waals surface area contributed by atoms with Gasteiger partial charge in [0.15, 0.2) is 5.96 Å². The molecule has 0 aromatic heterocycles. The van der Waals surface area contributed by atoms with Crippen LogP contribution in [0, 0.1) is 0 Å². The van der Waals surface area contributed by atoms with Gasteiger partial charge in [0.05, 0.1) is 13.2 Å². The molecule has 0 amide bonds. The lowest BCUT2D eigenvalue weighted by atomic mass is 10.2. The van der Waals surface area contributed by atoms with Crippen molar-refractivity contribution in [3.05, 3.63) is 30.3 Å². The van der Waals surface area contributed by atoms with Gasteiger partial charge in [-0.3, -0.25) is 9.89 Å². The van der Waals surface area contributed by atoms with E-state index in [0.717, 1.165) is 78.0 Å². The quantitative estimate of drug-likeness (QED) is 0.229. The van der Waals surface area contributed by atoms with Crippen LogP contribution in [-0.4, -0.2) is 76.4 Å². The van der Waals surface area contributed by atoms with Crippen LogP contribution < -0.4 is 15.5 Å². The van der Waals surface area contributed by atoms with Crippen LogP contribution in [0.3, 0.4) is 0 Å². The molecule has 2 rings (SSSR count). The summed E-state index contributed by atoms with van der Waals surface area (Å²) in [6.07, 6.45) is 1.04. The van der Waals surface area contributed by atoms with E-state index in [2.05, 4.69) is 64.6 Å². The molecular formula is C20H36IN5O. The Labute approximate surface area is 181 Å². The molecule has 1 fully saturated rings. The minimum absolute atomic E-state index is 0. The number of nitrogens with one attached hydrogen (secondary N) is 2. The van der Waals surface area contributed by atoms with Crippen LogP contribution in [0.4, 0.5) is 5.69 Å². The normalized spacial score (nSPS) is 15.1. The van der Waals surface area contributed by atoms with E-state index < -0.39 is 0 Å². The molecule has 154 valence electrons. The summed E-state index contributed by atoms with van der Waals surface area (Å²) in [7, 11) is 0. The number of nitrogens with zero attached hydrogens (tertiary/aromatic N) is 3. The lowest BCUT2D eigenvalue weighted by Crippen LogP contribution is -2.44. The highest BCUT2D eigenvalue weighted by molar-refractivity contribution is 14.0. The highest BCUT2D eigenvalue weighted by atomic mass is 127. The standard InChI is InChI=1S/C20H35N5O.HI/c1-3-21-20(23-12-14-24-15-17-26-18-16-24)22-11-8-13-25(4-2)19-9-6-5-7-10-19;/h5-7,9-10H,3-4,8,11-18H2,1-2H3,(H2,21,22,23);1H. The zero-order valence-electron chi connectivity index (χ0n) is 16.8. The Balaban J connectivity index is 0.00000364. The Morgan fingerprint density at radius 1 is 1.15 bits per heavy atom. The van der Waals surface area contributed by atoms with Gasteiger partial charge in [0.2, 0.25) is 0 Å². The van der Waals surface area contributed by atoms with Gasteiger partial charge < -0.3 is 20.3 Å². The summed E-state index contributed by atoms with van der Waals surface area (Å²) in [5.41, 5.74) is 1.29. The van der Waals surface area contributed by atoms with Crippen molar-refractivity contribution in [1.29, 1.82) is 0 Å². The molecule has 0 atom stereocenters. The minimum Gasteiger partial charge on any atom is -0.379 e. The van der Waals surface area contributed by atoms with E-state index in [0.29, 0.717) is 0 Å². The molecule has 7 heteroatoms. The predicted molar refractivity (Wildman–Crippen MR) is 126 cm³/mol. The third-order valence-electron chi connectivity index (χ3n) is 4.53. The molecule has 6 nitrogen and oxygen atoms in total. The predicted octanol–water partition coefficient (Wildman–Crippen LogP) is 2.41. The second-order valence-corrected chi connectivity index (χ2v) is 6.41. The molecule has 1 aromatic rings. The van der Waals surface area contributed by atoms with Gasteiger partial charge in [0.1, 0.15) is 0 Å². The highest BCUT2D eigenvalue weighted by Crippen LogP contribution is 2.12. The van der Waals surface area contributed by atoms with Crippen molar-refractivity contribution in [2.75, 3.05) is 70.5 Å². The lowest BCUT2D eigenvalue weighted by molar-refractivity contribution is 0.0389. The molecule has 2 N–H and O–H groups in total. The third-order valence-corrected chi connectivity index (χ3v) is 4.53. The molecule has 0 radical (unpaired) electrons. The summed E-state index contributed by atoms with van der Waals surface area (Å²) in [5, 5.41) is 6.78. The number of hydrogen-bond acceptors (Lipinski definition) is 4. The van der Waals surface area contributed by atoms with Crippen LogP contribution in [0.25, 0.3) is 0 Å². The minimum atomic E-state index is 0. The number of ether oxygens (including phenoxy) is 1. The number of aliphatic imine (C=N–C) groups is 1. The highest BCUT2D eigenvalue weighted by Gasteiger charge is 2.09. The van der Waals surface area contributed by atoms with E-state index in [1.165, 1.54) is 5.69 Å². The summed E-state index contributed by atoms with van der Waals surface area (Å²) in [6.45, 7) is 13.8. The van der Waals surface area contributed by atoms with Crippen molar-refractivity contribution in [2.24, 2.45) is 4.99 Å². The van der Waals surface area contributed by atoms with Crippen LogP contribution >= 0.6 is 24.0 Å². The molecule has 0 unspecified atom stereocenters. The second kappa shape index (κ2) is 14.9. The smallest absolute Gasteiger partial charge is 0.191 e. The van der Waals surface area contributed by atoms with Crippen molar-refractivity contribution in [3.63, 3.8) is 0 Å². The molecule has 0 bridgehead atoms. The van der Waals surface area contributed by atoms with E-state index in [-0.39, 0.29) is 24.0 Å². The SMILES string of the molecule is CCNC(=NCCCN(CC)c1ccccc1)NCCN1CCOCC1.I. The number of anilines is 1. The Morgan fingerprint density at radius 3 is 2.56 bits per heavy atom. The molecule has 1 aliphatic rings. The molecule has 1 saturated heterocycles. The van der Waals surface area contributed by atoms with Crippen LogP contribution in [0.1, 0.15) is 20.3 Å². The van der Waals surface area contributed by atoms with Crippen LogP contribution in [0.5, 0.6) is 0 Å². The number of halogens is 1. The van der Waals surface area contributed by atoms with Crippen molar-refractivity contribution in [1.82, 2.24) is 15.5 Å². The van der Waals surface area contributed by atoms with Crippen LogP contribution in [0.2, 0.25) is 0 Å². The molecule has 27 heavy (non-hydrogen) atoms. The van der Waals surface area contributed by atoms with E-state index in [9.17, 15) is 0 Å². The topological polar surface area (TPSA) is 52.1 Å². The van der Waals surface area contributed by atoms with E-state index in [1.807, 2.05) is 0 Å². The first-order chi connectivity index (χ1) is 12.8. The molecule has 0 aliphatic carbocycles. The van der Waals surface area contributed by atoms with Gasteiger partial charge in [-0.05, 0) is 32.4 Å². The van der Waals surface area contributed by atoms with Gasteiger partial charge in [-0.1, -0.05) is 18.2 Å². The van der Waals surface area contributed by atoms with Crippen molar-refractivity contribution in [3.8, 4) is 0 Å². The first-order valence-corrected chi connectivity index (χ1v) is 9.95. The molecular weight excluding hydrogens is 453 g/mol. The summed E-state index contributed by atoms with van der Waals surface area (Å²) < 4.78 is 5.39. The zero-order chi connectivity index (χ0) is 18.5. The Bertz CT molecular complexity index is 508. The van der Waals surface area contributed by atoms with E-state index in [4.69, 9.17) is 9.73 Å². The summed E-state index contributed by atoms with van der Waals surface area (Å²) >= 11 is 0. The largest absolute Gasteiger partial charge is 0.379 e. The van der Waals surface area contributed by atoms with Gasteiger partial charge in [-0.25, -0.2) is 0 Å². The number of hydrogen-bond donors (Lipinski definition) is 2. The van der Waals surface area contributed by atoms with Gasteiger partial charge >= 0.3 is 0 Å². The van der Waals surface area contributed by atoms with Crippen molar-refractivity contribution in [2.45, 2.75) is 20.3 Å². The van der Waals surface area contributed by atoms with Gasteiger partial charge in [0.25, 0.3) is 0 Å². The second-order valence-electron chi connectivity index (χ2n) is 6.41. The van der Waals surface area contributed by atoms with Crippen molar-refractivity contribution >= 4 is 35.6 Å². The number of para-hydroxylation sites is 1. The fraction of sp³-hybridized carbons (Fsp3) is 0.650. The fourth-order valence-electron chi connectivity index (χ4n) is 3.06. The average Bonchev–Trinajstić information content (AvgIpc) is 2.69. The molecule has 1 heterocycles. The monoisotopic (exact) mass is 489 g/mol. The fourth-order valence-corrected chi connectivity index (χ4v) is 3.06. The summed E-state index contributed by atoms with van der Waals surface area (Å²) in [4.78, 5) is 9.55. The summed E-state index contributed by atoms with van der Waals surface area (Å²) in [5.74, 6) is 0.920. The number of rotatable bonds is 10. The maximum Gasteiger partial charge on any atom is 0.191 e. The number of benzene rings is 1. The van der Waals surface area contributed by atoms with Crippen LogP contribution in [-0.2, 0) is 4.74 Å².